The Labute approximate surface area is 310 Å². The van der Waals surface area contributed by atoms with E-state index in [1.54, 1.807) is 19.4 Å². The van der Waals surface area contributed by atoms with E-state index in [2.05, 4.69) is 38.5 Å². The fraction of sp³-hybridized carbons (Fsp3) is 0.439. The summed E-state index contributed by atoms with van der Waals surface area (Å²) in [4.78, 5) is 34.4. The van der Waals surface area contributed by atoms with Crippen molar-refractivity contribution in [3.8, 4) is 5.75 Å². The summed E-state index contributed by atoms with van der Waals surface area (Å²) in [6, 6.07) is 17.3. The molecule has 2 aliphatic carbocycles. The fourth-order valence-corrected chi connectivity index (χ4v) is 10.9. The lowest BCUT2D eigenvalue weighted by Crippen LogP contribution is -2.49. The number of ether oxygens (including phenoxy) is 2. The summed E-state index contributed by atoms with van der Waals surface area (Å²) in [5.41, 5.74) is 4.82. The zero-order valence-electron chi connectivity index (χ0n) is 29.5. The van der Waals surface area contributed by atoms with Crippen LogP contribution in [-0.2, 0) is 37.5 Å². The van der Waals surface area contributed by atoms with Crippen LogP contribution in [0.15, 0.2) is 83.5 Å². The number of allylic oxidation sites excluding steroid dienone is 1. The van der Waals surface area contributed by atoms with Crippen LogP contribution in [0.1, 0.15) is 65.7 Å². The average molecular weight is 741 g/mol. The summed E-state index contributed by atoms with van der Waals surface area (Å²) in [6.45, 7) is 2.04. The number of Topliss-reactive ketones (excluding diaryl/α,β-unsaturated/α-hetero) is 1. The number of carbonyl (C=O) groups is 2. The Bertz CT molecular complexity index is 2140. The summed E-state index contributed by atoms with van der Waals surface area (Å²) in [6.07, 6.45) is 14.3. The standard InChI is InChI=1S/C41H45ClN4O5S/c1-50-37-9-3-2-6-19-52(49,25-33(47)22-32-24-45-18-5-4-10-39(45)43-32)44-40(48)29-12-16-38-36(21-29)46(23-30-11-14-34(30)37)26-41(27-51-38)17-7-8-28-20-31(42)13-15-35(28)41/h3-5,9-10,12-13,15-16,18,20-21,24,30,34,37H,2,6-8,11,14,17,19,22-23,25-27H2,1H3/b9-3+/t30-,34+,37-,41-,52+/m0/s1. The van der Waals surface area contributed by atoms with Gasteiger partial charge in [-0.1, -0.05) is 35.9 Å². The number of methoxy groups -OCH3 is 1. The lowest BCUT2D eigenvalue weighted by Gasteiger charge is -2.46. The molecule has 2 aliphatic heterocycles. The van der Waals surface area contributed by atoms with Crippen LogP contribution in [0.3, 0.4) is 0 Å². The maximum atomic E-state index is 14.5. The molecule has 4 heterocycles. The summed E-state index contributed by atoms with van der Waals surface area (Å²) in [5, 5.41) is 0.745. The molecule has 2 aromatic carbocycles. The lowest BCUT2D eigenvalue weighted by atomic mass is 9.68. The summed E-state index contributed by atoms with van der Waals surface area (Å²) < 4.78 is 33.4. The van der Waals surface area contributed by atoms with Gasteiger partial charge in [0.15, 0.2) is 5.78 Å². The number of rotatable bonds is 5. The molecular weight excluding hydrogens is 696 g/mol. The van der Waals surface area contributed by atoms with Gasteiger partial charge in [0.2, 0.25) is 0 Å². The molecule has 9 nitrogen and oxygen atoms in total. The molecule has 1 amide bonds. The van der Waals surface area contributed by atoms with Crippen molar-refractivity contribution in [2.75, 3.05) is 43.2 Å². The molecule has 1 saturated carbocycles. The first-order chi connectivity index (χ1) is 25.2. The largest absolute Gasteiger partial charge is 0.490 e. The number of pyridine rings is 1. The molecule has 272 valence electrons. The number of ketones is 1. The van der Waals surface area contributed by atoms with Gasteiger partial charge >= 0.3 is 0 Å². The first kappa shape index (κ1) is 35.1. The molecule has 2 bridgehead atoms. The first-order valence-corrected chi connectivity index (χ1v) is 20.7. The smallest absolute Gasteiger partial charge is 0.285 e. The third kappa shape index (κ3) is 7.05. The van der Waals surface area contributed by atoms with Crippen molar-refractivity contribution in [2.24, 2.45) is 16.2 Å². The van der Waals surface area contributed by atoms with Crippen LogP contribution in [0.2, 0.25) is 5.02 Å². The zero-order valence-corrected chi connectivity index (χ0v) is 31.1. The molecule has 0 radical (unpaired) electrons. The van der Waals surface area contributed by atoms with Crippen molar-refractivity contribution in [3.63, 3.8) is 0 Å². The van der Waals surface area contributed by atoms with Gasteiger partial charge in [-0.05, 0) is 110 Å². The molecule has 4 aliphatic rings. The molecule has 1 fully saturated rings. The zero-order chi connectivity index (χ0) is 35.9. The molecule has 4 aromatic rings. The third-order valence-corrected chi connectivity index (χ3v) is 13.9. The fourth-order valence-electron chi connectivity index (χ4n) is 8.77. The number of hydrogen-bond donors (Lipinski definition) is 0. The van der Waals surface area contributed by atoms with Gasteiger partial charge in [-0.15, -0.1) is 0 Å². The second-order valence-electron chi connectivity index (χ2n) is 15.0. The van der Waals surface area contributed by atoms with Crippen LogP contribution in [0.4, 0.5) is 5.69 Å². The second kappa shape index (κ2) is 14.4. The van der Waals surface area contributed by atoms with E-state index in [0.29, 0.717) is 42.5 Å². The van der Waals surface area contributed by atoms with E-state index < -0.39 is 15.6 Å². The lowest BCUT2D eigenvalue weighted by molar-refractivity contribution is -0.116. The summed E-state index contributed by atoms with van der Waals surface area (Å²) in [7, 11) is -1.45. The highest BCUT2D eigenvalue weighted by atomic mass is 35.5. The number of amides is 1. The number of carbonyl (C=O) groups excluding carboxylic acids is 2. The Morgan fingerprint density at radius 1 is 1.13 bits per heavy atom. The second-order valence-corrected chi connectivity index (χ2v) is 17.9. The highest BCUT2D eigenvalue weighted by molar-refractivity contribution is 7.94. The molecule has 8 rings (SSSR count). The van der Waals surface area contributed by atoms with E-state index in [4.69, 9.17) is 21.1 Å². The van der Waals surface area contributed by atoms with Gasteiger partial charge in [-0.2, -0.15) is 4.36 Å². The van der Waals surface area contributed by atoms with E-state index in [1.807, 2.05) is 47.0 Å². The Morgan fingerprint density at radius 2 is 2.04 bits per heavy atom. The maximum absolute atomic E-state index is 14.5. The van der Waals surface area contributed by atoms with Gasteiger partial charge in [0.05, 0.1) is 46.0 Å². The number of halogens is 1. The number of nitrogens with zero attached hydrogens (tertiary/aromatic N) is 4. The van der Waals surface area contributed by atoms with Gasteiger partial charge < -0.3 is 18.8 Å². The maximum Gasteiger partial charge on any atom is 0.285 e. The topological polar surface area (TPSA) is 103 Å². The Kier molecular flexibility index (Phi) is 9.74. The van der Waals surface area contributed by atoms with Crippen LogP contribution in [0.5, 0.6) is 5.75 Å². The minimum atomic E-state index is -3.22. The molecule has 0 N–H and O–H groups in total. The first-order valence-electron chi connectivity index (χ1n) is 18.4. The monoisotopic (exact) mass is 740 g/mol. The van der Waals surface area contributed by atoms with Crippen LogP contribution in [-0.4, -0.2) is 69.7 Å². The van der Waals surface area contributed by atoms with Crippen LogP contribution in [0, 0.1) is 11.8 Å². The van der Waals surface area contributed by atoms with Crippen molar-refractivity contribution in [2.45, 2.75) is 62.9 Å². The van der Waals surface area contributed by atoms with Crippen molar-refractivity contribution in [1.82, 2.24) is 9.38 Å². The van der Waals surface area contributed by atoms with Gasteiger partial charge in [-0.25, -0.2) is 9.19 Å². The Hall–Kier alpha value is -3.99. The predicted molar refractivity (Wildman–Crippen MR) is 204 cm³/mol. The van der Waals surface area contributed by atoms with E-state index >= 15 is 0 Å². The van der Waals surface area contributed by atoms with Gasteiger partial charge in [0.1, 0.15) is 11.4 Å². The number of fused-ring (bicyclic) bond motifs is 5. The van der Waals surface area contributed by atoms with Crippen LogP contribution >= 0.6 is 11.6 Å². The van der Waals surface area contributed by atoms with E-state index in [0.717, 1.165) is 67.3 Å². The highest BCUT2D eigenvalue weighted by Gasteiger charge is 2.44. The third-order valence-electron chi connectivity index (χ3n) is 11.5. The molecule has 1 spiro atoms. The molecule has 2 aromatic heterocycles. The number of aromatic nitrogens is 2. The molecule has 0 unspecified atom stereocenters. The van der Waals surface area contributed by atoms with Gasteiger partial charge in [0, 0.05) is 54.3 Å². The van der Waals surface area contributed by atoms with E-state index in [-0.39, 0.29) is 35.2 Å². The van der Waals surface area contributed by atoms with E-state index in [9.17, 15) is 13.8 Å². The summed E-state index contributed by atoms with van der Waals surface area (Å²) in [5.74, 6) is 0.470. The molecule has 5 atom stereocenters. The minimum Gasteiger partial charge on any atom is -0.490 e. The number of anilines is 1. The highest BCUT2D eigenvalue weighted by Crippen LogP contribution is 2.47. The number of aryl methyl sites for hydroxylation is 1. The van der Waals surface area contributed by atoms with Crippen molar-refractivity contribution >= 4 is 44.4 Å². The Balaban J connectivity index is 1.15. The van der Waals surface area contributed by atoms with E-state index in [1.165, 1.54) is 11.1 Å². The Morgan fingerprint density at radius 3 is 2.87 bits per heavy atom. The molecule has 52 heavy (non-hydrogen) atoms. The quantitative estimate of drug-likeness (QED) is 0.198. The van der Waals surface area contributed by atoms with Crippen LogP contribution < -0.4 is 9.64 Å². The van der Waals surface area contributed by atoms with Gasteiger partial charge in [0.25, 0.3) is 5.91 Å². The average Bonchev–Trinajstić information content (AvgIpc) is 3.45. The SMILES string of the molecule is CO[C@H]1/C=C/CCC[S@@](=O)(CC(=O)Cc2cn3ccccc3n2)=NC(=O)c2ccc3c(c2)N(C[C@@H]2CC[C@H]21)C[C@@]1(CCCc2cc(Cl)ccc21)CO3. The van der Waals surface area contributed by atoms with Crippen molar-refractivity contribution < 1.29 is 23.3 Å². The number of imidazole rings is 1. The van der Waals surface area contributed by atoms with Gasteiger partial charge in [-0.3, -0.25) is 9.59 Å². The summed E-state index contributed by atoms with van der Waals surface area (Å²) >= 11 is 6.46. The number of hydrogen-bond acceptors (Lipinski definition) is 7. The molecule has 0 saturated heterocycles. The van der Waals surface area contributed by atoms with Crippen molar-refractivity contribution in [1.29, 1.82) is 0 Å². The predicted octanol–water partition coefficient (Wildman–Crippen LogP) is 7.27. The van der Waals surface area contributed by atoms with Crippen molar-refractivity contribution in [3.05, 3.63) is 107 Å². The molecular formula is C41H45ClN4O5S. The minimum absolute atomic E-state index is 0.0165. The van der Waals surface area contributed by atoms with Crippen LogP contribution in [0.25, 0.3) is 5.65 Å². The molecule has 11 heteroatoms. The number of benzene rings is 2. The normalized spacial score (nSPS) is 28.2.